The molecule has 3 nitrogen and oxygen atoms in total. The molecule has 0 radical (unpaired) electrons. The van der Waals surface area contributed by atoms with Gasteiger partial charge in [0.1, 0.15) is 5.82 Å². The van der Waals surface area contributed by atoms with Gasteiger partial charge in [-0.1, -0.05) is 28.1 Å². The largest absolute Gasteiger partial charge is 0.357 e. The van der Waals surface area contributed by atoms with Gasteiger partial charge in [-0.15, -0.1) is 11.3 Å². The summed E-state index contributed by atoms with van der Waals surface area (Å²) in [4.78, 5) is 5.65. The summed E-state index contributed by atoms with van der Waals surface area (Å²) in [5, 5.41) is 8.44. The van der Waals surface area contributed by atoms with Crippen molar-refractivity contribution < 1.29 is 4.39 Å². The lowest BCUT2D eigenvalue weighted by molar-refractivity contribution is 0.609. The number of benzene rings is 1. The molecule has 0 aliphatic rings. The highest BCUT2D eigenvalue weighted by Gasteiger charge is 2.03. The van der Waals surface area contributed by atoms with Gasteiger partial charge >= 0.3 is 0 Å². The van der Waals surface area contributed by atoms with Gasteiger partial charge in [-0.3, -0.25) is 0 Å². The first-order valence-electron chi connectivity index (χ1n) is 6.67. The number of thiophene rings is 1. The van der Waals surface area contributed by atoms with Crippen LogP contribution in [0.4, 0.5) is 4.39 Å². The maximum absolute atomic E-state index is 13.8. The molecular weight excluding hydrogens is 353 g/mol. The molecule has 112 valence electrons. The van der Waals surface area contributed by atoms with Crippen molar-refractivity contribution in [1.29, 1.82) is 0 Å². The zero-order valence-electron chi connectivity index (χ0n) is 11.7. The lowest BCUT2D eigenvalue weighted by atomic mass is 10.2. The minimum absolute atomic E-state index is 0.248. The standard InChI is InChI=1S/C15H17BrFN3S/c1-2-18-15(20-10-13-4-3-7-21-13)19-9-11-5-6-12(16)8-14(11)17/h3-8H,2,9-10H2,1H3,(H2,18,19,20). The number of nitrogens with zero attached hydrogens (tertiary/aromatic N) is 1. The summed E-state index contributed by atoms with van der Waals surface area (Å²) in [5.41, 5.74) is 0.575. The summed E-state index contributed by atoms with van der Waals surface area (Å²) in [5.74, 6) is 0.440. The van der Waals surface area contributed by atoms with Gasteiger partial charge in [-0.05, 0) is 30.5 Å². The Labute approximate surface area is 136 Å². The first kappa shape index (κ1) is 16.0. The fourth-order valence-corrected chi connectivity index (χ4v) is 2.72. The van der Waals surface area contributed by atoms with E-state index in [9.17, 15) is 4.39 Å². The Morgan fingerprint density at radius 1 is 1.33 bits per heavy atom. The molecule has 2 rings (SSSR count). The Hall–Kier alpha value is -1.40. The van der Waals surface area contributed by atoms with Gasteiger partial charge in [0, 0.05) is 21.5 Å². The molecule has 1 aromatic heterocycles. The number of guanidine groups is 1. The minimum Gasteiger partial charge on any atom is -0.357 e. The van der Waals surface area contributed by atoms with E-state index < -0.39 is 0 Å². The molecule has 0 bridgehead atoms. The number of aliphatic imine (C=N–C) groups is 1. The molecule has 0 unspecified atom stereocenters. The molecule has 21 heavy (non-hydrogen) atoms. The molecule has 0 atom stereocenters. The molecule has 0 saturated carbocycles. The molecule has 1 aromatic carbocycles. The van der Waals surface area contributed by atoms with Crippen LogP contribution in [0.1, 0.15) is 17.4 Å². The summed E-state index contributed by atoms with van der Waals surface area (Å²) < 4.78 is 14.5. The third kappa shape index (κ3) is 5.13. The number of halogens is 2. The van der Waals surface area contributed by atoms with E-state index in [1.165, 1.54) is 10.9 Å². The lowest BCUT2D eigenvalue weighted by Crippen LogP contribution is -2.36. The van der Waals surface area contributed by atoms with E-state index in [2.05, 4.69) is 37.6 Å². The second-order valence-corrected chi connectivity index (χ2v) is 6.31. The molecule has 6 heteroatoms. The summed E-state index contributed by atoms with van der Waals surface area (Å²) in [6.45, 7) is 3.78. The van der Waals surface area contributed by atoms with Crippen molar-refractivity contribution in [2.75, 3.05) is 6.54 Å². The minimum atomic E-state index is -0.248. The van der Waals surface area contributed by atoms with Crippen LogP contribution in [0.25, 0.3) is 0 Å². The van der Waals surface area contributed by atoms with Crippen molar-refractivity contribution in [3.63, 3.8) is 0 Å². The van der Waals surface area contributed by atoms with E-state index in [1.54, 1.807) is 17.4 Å². The first-order chi connectivity index (χ1) is 10.2. The Bertz CT molecular complexity index is 599. The quantitative estimate of drug-likeness (QED) is 0.619. The molecule has 0 aliphatic heterocycles. The average molecular weight is 370 g/mol. The van der Waals surface area contributed by atoms with Crippen molar-refractivity contribution in [2.24, 2.45) is 4.99 Å². The van der Waals surface area contributed by atoms with Crippen LogP contribution in [-0.4, -0.2) is 12.5 Å². The molecule has 0 fully saturated rings. The van der Waals surface area contributed by atoms with Crippen LogP contribution in [0.15, 0.2) is 45.2 Å². The van der Waals surface area contributed by atoms with E-state index in [-0.39, 0.29) is 5.82 Å². The highest BCUT2D eigenvalue weighted by Crippen LogP contribution is 2.16. The third-order valence-electron chi connectivity index (χ3n) is 2.78. The molecule has 2 N–H and O–H groups in total. The fourth-order valence-electron chi connectivity index (χ4n) is 1.74. The zero-order chi connectivity index (χ0) is 15.1. The second-order valence-electron chi connectivity index (χ2n) is 4.36. The molecule has 1 heterocycles. The van der Waals surface area contributed by atoms with Gasteiger partial charge in [0.05, 0.1) is 13.1 Å². The molecular formula is C15H17BrFN3S. The average Bonchev–Trinajstić information content (AvgIpc) is 2.96. The highest BCUT2D eigenvalue weighted by atomic mass is 79.9. The molecule has 2 aromatic rings. The van der Waals surface area contributed by atoms with E-state index in [4.69, 9.17) is 0 Å². The number of hydrogen-bond acceptors (Lipinski definition) is 2. The normalized spacial score (nSPS) is 11.5. The maximum Gasteiger partial charge on any atom is 0.191 e. The van der Waals surface area contributed by atoms with Gasteiger partial charge in [-0.25, -0.2) is 9.38 Å². The third-order valence-corrected chi connectivity index (χ3v) is 4.15. The summed E-state index contributed by atoms with van der Waals surface area (Å²) in [6, 6.07) is 9.10. The molecule has 0 spiro atoms. The number of rotatable bonds is 5. The molecule has 0 aliphatic carbocycles. The van der Waals surface area contributed by atoms with Gasteiger partial charge in [0.15, 0.2) is 5.96 Å². The van der Waals surface area contributed by atoms with Gasteiger partial charge in [0.25, 0.3) is 0 Å². The van der Waals surface area contributed by atoms with Crippen molar-refractivity contribution in [3.8, 4) is 0 Å². The van der Waals surface area contributed by atoms with Gasteiger partial charge < -0.3 is 10.6 Å². The predicted octanol–water partition coefficient (Wildman–Crippen LogP) is 3.91. The Kier molecular flexibility index (Phi) is 6.20. The maximum atomic E-state index is 13.8. The number of hydrogen-bond donors (Lipinski definition) is 2. The van der Waals surface area contributed by atoms with E-state index in [0.717, 1.165) is 11.0 Å². The van der Waals surface area contributed by atoms with E-state index >= 15 is 0 Å². The van der Waals surface area contributed by atoms with Gasteiger partial charge in [0.2, 0.25) is 0 Å². The second kappa shape index (κ2) is 8.14. The van der Waals surface area contributed by atoms with Crippen LogP contribution in [-0.2, 0) is 13.1 Å². The molecule has 0 amide bonds. The summed E-state index contributed by atoms with van der Waals surface area (Å²) in [6.07, 6.45) is 0. The smallest absolute Gasteiger partial charge is 0.191 e. The van der Waals surface area contributed by atoms with Crippen molar-refractivity contribution in [2.45, 2.75) is 20.0 Å². The highest BCUT2D eigenvalue weighted by molar-refractivity contribution is 9.10. The van der Waals surface area contributed by atoms with Crippen molar-refractivity contribution >= 4 is 33.2 Å². The topological polar surface area (TPSA) is 36.4 Å². The monoisotopic (exact) mass is 369 g/mol. The van der Waals surface area contributed by atoms with Crippen molar-refractivity contribution in [3.05, 3.63) is 56.4 Å². The van der Waals surface area contributed by atoms with Crippen molar-refractivity contribution in [1.82, 2.24) is 10.6 Å². The van der Waals surface area contributed by atoms with Gasteiger partial charge in [-0.2, -0.15) is 0 Å². The zero-order valence-corrected chi connectivity index (χ0v) is 14.1. The Morgan fingerprint density at radius 2 is 2.19 bits per heavy atom. The lowest BCUT2D eigenvalue weighted by Gasteiger charge is -2.10. The van der Waals surface area contributed by atoms with E-state index in [0.29, 0.717) is 24.6 Å². The Balaban J connectivity index is 1.99. The fraction of sp³-hybridized carbons (Fsp3) is 0.267. The van der Waals surface area contributed by atoms with Crippen LogP contribution in [0.5, 0.6) is 0 Å². The number of nitrogens with one attached hydrogen (secondary N) is 2. The van der Waals surface area contributed by atoms with Crippen LogP contribution in [0.2, 0.25) is 0 Å². The van der Waals surface area contributed by atoms with Crippen LogP contribution >= 0.6 is 27.3 Å². The van der Waals surface area contributed by atoms with Crippen LogP contribution in [0, 0.1) is 5.82 Å². The molecule has 0 saturated heterocycles. The summed E-state index contributed by atoms with van der Waals surface area (Å²) >= 11 is 4.94. The SMILES string of the molecule is CCNC(=NCc1ccc(Br)cc1F)NCc1cccs1. The Morgan fingerprint density at radius 3 is 2.86 bits per heavy atom. The van der Waals surface area contributed by atoms with E-state index in [1.807, 2.05) is 24.4 Å². The predicted molar refractivity (Wildman–Crippen MR) is 90.1 cm³/mol. The summed E-state index contributed by atoms with van der Waals surface area (Å²) in [7, 11) is 0. The van der Waals surface area contributed by atoms with Crippen LogP contribution in [0.3, 0.4) is 0 Å². The van der Waals surface area contributed by atoms with Crippen LogP contribution < -0.4 is 10.6 Å². The first-order valence-corrected chi connectivity index (χ1v) is 8.34.